The third-order valence-electron chi connectivity index (χ3n) is 3.25. The maximum atomic E-state index is 13.1. The predicted octanol–water partition coefficient (Wildman–Crippen LogP) is 3.99. The van der Waals surface area contributed by atoms with Gasteiger partial charge in [0.05, 0.1) is 12.1 Å². The maximum Gasteiger partial charge on any atom is 0.193 e. The van der Waals surface area contributed by atoms with Crippen LogP contribution in [0.15, 0.2) is 41.4 Å². The number of halogens is 3. The van der Waals surface area contributed by atoms with Gasteiger partial charge in [-0.25, -0.2) is 8.78 Å². The summed E-state index contributed by atoms with van der Waals surface area (Å²) in [4.78, 5) is 4.17. The first-order chi connectivity index (χ1) is 11.5. The van der Waals surface area contributed by atoms with E-state index in [0.29, 0.717) is 41.4 Å². The second-order valence-electron chi connectivity index (χ2n) is 5.12. The minimum Gasteiger partial charge on any atom is -0.495 e. The Balaban J connectivity index is 1.84. The van der Waals surface area contributed by atoms with E-state index in [0.717, 1.165) is 6.07 Å². The van der Waals surface area contributed by atoms with Crippen molar-refractivity contribution in [2.45, 2.75) is 12.8 Å². The highest BCUT2D eigenvalue weighted by atomic mass is 35.5. The Kier molecular flexibility index (Phi) is 6.37. The molecule has 0 saturated heterocycles. The summed E-state index contributed by atoms with van der Waals surface area (Å²) < 4.78 is 31.2. The fourth-order valence-electron chi connectivity index (χ4n) is 2.17. The molecule has 0 aliphatic carbocycles. The van der Waals surface area contributed by atoms with E-state index in [1.165, 1.54) is 19.2 Å². The molecular weight excluding hydrogens is 336 g/mol. The van der Waals surface area contributed by atoms with Crippen LogP contribution in [0.3, 0.4) is 0 Å². The van der Waals surface area contributed by atoms with E-state index in [9.17, 15) is 8.78 Å². The quantitative estimate of drug-likeness (QED) is 0.469. The van der Waals surface area contributed by atoms with Crippen molar-refractivity contribution in [3.8, 4) is 5.75 Å². The Morgan fingerprint density at radius 1 is 1.21 bits per heavy atom. The van der Waals surface area contributed by atoms with E-state index in [4.69, 9.17) is 22.1 Å². The van der Waals surface area contributed by atoms with Gasteiger partial charge in [0.2, 0.25) is 0 Å². The molecule has 2 aromatic carbocycles. The van der Waals surface area contributed by atoms with Crippen LogP contribution in [0.25, 0.3) is 0 Å². The van der Waals surface area contributed by atoms with Crippen molar-refractivity contribution in [1.82, 2.24) is 0 Å². The van der Waals surface area contributed by atoms with Crippen LogP contribution in [0.1, 0.15) is 12.0 Å². The number of nitrogens with zero attached hydrogens (tertiary/aromatic N) is 1. The van der Waals surface area contributed by atoms with Crippen LogP contribution in [0.4, 0.5) is 14.5 Å². The van der Waals surface area contributed by atoms with Gasteiger partial charge < -0.3 is 15.8 Å². The van der Waals surface area contributed by atoms with Gasteiger partial charge in [-0.15, -0.1) is 0 Å². The highest BCUT2D eigenvalue weighted by Gasteiger charge is 2.03. The largest absolute Gasteiger partial charge is 0.495 e. The van der Waals surface area contributed by atoms with Crippen molar-refractivity contribution >= 4 is 23.2 Å². The van der Waals surface area contributed by atoms with Crippen LogP contribution in [0.2, 0.25) is 5.02 Å². The first kappa shape index (κ1) is 18.0. The van der Waals surface area contributed by atoms with Crippen molar-refractivity contribution in [2.24, 2.45) is 10.7 Å². The van der Waals surface area contributed by atoms with E-state index in [1.807, 2.05) is 0 Å². The molecule has 0 fully saturated rings. The lowest BCUT2D eigenvalue weighted by atomic mass is 10.1. The highest BCUT2D eigenvalue weighted by molar-refractivity contribution is 6.32. The second kappa shape index (κ2) is 8.49. The number of methoxy groups -OCH3 is 1. The van der Waals surface area contributed by atoms with Crippen LogP contribution in [0.5, 0.6) is 5.75 Å². The van der Waals surface area contributed by atoms with Crippen molar-refractivity contribution in [3.05, 3.63) is 58.6 Å². The molecule has 0 saturated carbocycles. The summed E-state index contributed by atoms with van der Waals surface area (Å²) >= 11 is 6.03. The number of guanidine groups is 1. The first-order valence-electron chi connectivity index (χ1n) is 7.33. The third kappa shape index (κ3) is 5.38. The van der Waals surface area contributed by atoms with Gasteiger partial charge in [-0.1, -0.05) is 11.6 Å². The molecule has 3 N–H and O–H groups in total. The van der Waals surface area contributed by atoms with E-state index in [2.05, 4.69) is 10.3 Å². The van der Waals surface area contributed by atoms with Gasteiger partial charge in [0.1, 0.15) is 17.4 Å². The first-order valence-corrected chi connectivity index (χ1v) is 7.71. The van der Waals surface area contributed by atoms with Crippen molar-refractivity contribution in [2.75, 3.05) is 19.0 Å². The van der Waals surface area contributed by atoms with E-state index in [1.54, 1.807) is 18.2 Å². The average Bonchev–Trinajstić information content (AvgIpc) is 2.51. The fourth-order valence-corrected chi connectivity index (χ4v) is 2.43. The standard InChI is InChI=1S/C17H18ClF2N3O/c1-24-16-5-4-14(10-15(16)18)23-17(21)22-6-2-3-11-7-12(19)9-13(20)8-11/h4-5,7-10H,2-3,6H2,1H3,(H3,21,22,23). The Hall–Kier alpha value is -2.34. The normalized spacial score (nSPS) is 11.4. The number of ether oxygens (including phenoxy) is 1. The molecule has 0 aliphatic rings. The number of rotatable bonds is 6. The maximum absolute atomic E-state index is 13.1. The summed E-state index contributed by atoms with van der Waals surface area (Å²) in [6.07, 6.45) is 1.13. The number of anilines is 1. The van der Waals surface area contributed by atoms with E-state index in [-0.39, 0.29) is 5.96 Å². The molecular formula is C17H18ClF2N3O. The van der Waals surface area contributed by atoms with Gasteiger partial charge in [-0.05, 0) is 48.7 Å². The average molecular weight is 354 g/mol. The van der Waals surface area contributed by atoms with Gasteiger partial charge in [0.25, 0.3) is 0 Å². The van der Waals surface area contributed by atoms with Crippen LogP contribution in [-0.4, -0.2) is 19.6 Å². The third-order valence-corrected chi connectivity index (χ3v) is 3.55. The molecule has 0 atom stereocenters. The monoisotopic (exact) mass is 353 g/mol. The Morgan fingerprint density at radius 3 is 2.54 bits per heavy atom. The number of aryl methyl sites for hydroxylation is 1. The zero-order valence-electron chi connectivity index (χ0n) is 13.2. The summed E-state index contributed by atoms with van der Waals surface area (Å²) in [7, 11) is 1.54. The summed E-state index contributed by atoms with van der Waals surface area (Å²) in [6, 6.07) is 8.64. The van der Waals surface area contributed by atoms with Crippen molar-refractivity contribution in [1.29, 1.82) is 0 Å². The summed E-state index contributed by atoms with van der Waals surface area (Å²) in [5.41, 5.74) is 7.08. The second-order valence-corrected chi connectivity index (χ2v) is 5.53. The molecule has 7 heteroatoms. The molecule has 2 rings (SSSR count). The molecule has 0 spiro atoms. The summed E-state index contributed by atoms with van der Waals surface area (Å²) in [6.45, 7) is 0.431. The zero-order valence-corrected chi connectivity index (χ0v) is 13.9. The lowest BCUT2D eigenvalue weighted by molar-refractivity contribution is 0.415. The highest BCUT2D eigenvalue weighted by Crippen LogP contribution is 2.27. The molecule has 128 valence electrons. The molecule has 24 heavy (non-hydrogen) atoms. The Bertz CT molecular complexity index is 718. The van der Waals surface area contributed by atoms with Crippen LogP contribution in [0, 0.1) is 11.6 Å². The zero-order chi connectivity index (χ0) is 17.5. The molecule has 0 heterocycles. The smallest absolute Gasteiger partial charge is 0.193 e. The SMILES string of the molecule is COc1ccc(NC(N)=NCCCc2cc(F)cc(F)c2)cc1Cl. The number of aliphatic imine (C=N–C) groups is 1. The molecule has 0 radical (unpaired) electrons. The van der Waals surface area contributed by atoms with Crippen LogP contribution in [-0.2, 0) is 6.42 Å². The Morgan fingerprint density at radius 2 is 1.92 bits per heavy atom. The molecule has 4 nitrogen and oxygen atoms in total. The fraction of sp³-hybridized carbons (Fsp3) is 0.235. The van der Waals surface area contributed by atoms with Crippen LogP contribution >= 0.6 is 11.6 Å². The molecule has 0 bridgehead atoms. The van der Waals surface area contributed by atoms with Crippen molar-refractivity contribution in [3.63, 3.8) is 0 Å². The molecule has 0 aliphatic heterocycles. The molecule has 0 unspecified atom stereocenters. The van der Waals surface area contributed by atoms with E-state index < -0.39 is 11.6 Å². The number of nitrogens with two attached hydrogens (primary N) is 1. The number of nitrogens with one attached hydrogen (secondary N) is 1. The Labute approximate surface area is 144 Å². The van der Waals surface area contributed by atoms with Gasteiger partial charge in [-0.2, -0.15) is 0 Å². The number of benzene rings is 2. The lowest BCUT2D eigenvalue weighted by Crippen LogP contribution is -2.22. The number of hydrogen-bond acceptors (Lipinski definition) is 2. The summed E-state index contributed by atoms with van der Waals surface area (Å²) in [5.74, 6) is -0.348. The van der Waals surface area contributed by atoms with Gasteiger partial charge in [0, 0.05) is 18.3 Å². The van der Waals surface area contributed by atoms with Gasteiger partial charge in [0.15, 0.2) is 5.96 Å². The van der Waals surface area contributed by atoms with Gasteiger partial charge in [-0.3, -0.25) is 4.99 Å². The lowest BCUT2D eigenvalue weighted by Gasteiger charge is -2.08. The van der Waals surface area contributed by atoms with Crippen molar-refractivity contribution < 1.29 is 13.5 Å². The molecule has 0 aromatic heterocycles. The number of hydrogen-bond donors (Lipinski definition) is 2. The minimum atomic E-state index is -0.578. The predicted molar refractivity (Wildman–Crippen MR) is 92.8 cm³/mol. The summed E-state index contributed by atoms with van der Waals surface area (Å²) in [5, 5.41) is 3.38. The molecule has 2 aromatic rings. The van der Waals surface area contributed by atoms with Gasteiger partial charge >= 0.3 is 0 Å². The topological polar surface area (TPSA) is 59.6 Å². The van der Waals surface area contributed by atoms with E-state index >= 15 is 0 Å². The minimum absolute atomic E-state index is 0.238. The molecule has 0 amide bonds. The van der Waals surface area contributed by atoms with Crippen LogP contribution < -0.4 is 15.8 Å².